The number of H-pyrrole nitrogens is 2. The fourth-order valence-electron chi connectivity index (χ4n) is 3.04. The molecular formula is C14H23Cl2N5O. The maximum atomic E-state index is 11.9. The number of anilines is 1. The zero-order valence-corrected chi connectivity index (χ0v) is 14.0. The summed E-state index contributed by atoms with van der Waals surface area (Å²) in [7, 11) is 0. The molecule has 8 heteroatoms. The monoisotopic (exact) mass is 347 g/mol. The van der Waals surface area contributed by atoms with Crippen LogP contribution < -0.4 is 16.6 Å². The van der Waals surface area contributed by atoms with Crippen molar-refractivity contribution in [3.05, 3.63) is 22.1 Å². The van der Waals surface area contributed by atoms with Gasteiger partial charge in [0.05, 0.1) is 5.39 Å². The van der Waals surface area contributed by atoms with Crippen LogP contribution in [0.25, 0.3) is 11.0 Å². The molecule has 1 aliphatic carbocycles. The summed E-state index contributed by atoms with van der Waals surface area (Å²) < 4.78 is 0. The maximum Gasteiger partial charge on any atom is 0.262 e. The van der Waals surface area contributed by atoms with Crippen LogP contribution in [0.3, 0.4) is 0 Å². The number of nitrogens with zero attached hydrogens (tertiary/aromatic N) is 1. The minimum Gasteiger partial charge on any atom is -0.369 e. The lowest BCUT2D eigenvalue weighted by Crippen LogP contribution is -2.32. The molecule has 1 saturated carbocycles. The second-order valence-corrected chi connectivity index (χ2v) is 5.53. The van der Waals surface area contributed by atoms with Gasteiger partial charge in [0, 0.05) is 12.2 Å². The van der Waals surface area contributed by atoms with E-state index in [9.17, 15) is 4.79 Å². The summed E-state index contributed by atoms with van der Waals surface area (Å²) in [5.74, 6) is 0.149. The van der Waals surface area contributed by atoms with Gasteiger partial charge in [-0.25, -0.2) is 0 Å². The number of nitrogen functional groups attached to an aromatic ring is 1. The molecule has 0 unspecified atom stereocenters. The van der Waals surface area contributed by atoms with Crippen LogP contribution in [0.4, 0.5) is 5.95 Å². The number of halogens is 2. The molecule has 0 aromatic carbocycles. The number of aromatic amines is 2. The van der Waals surface area contributed by atoms with Crippen molar-refractivity contribution < 1.29 is 0 Å². The smallest absolute Gasteiger partial charge is 0.262 e. The summed E-state index contributed by atoms with van der Waals surface area (Å²) in [6.07, 6.45) is 9.24. The van der Waals surface area contributed by atoms with Gasteiger partial charge in [-0.1, -0.05) is 19.3 Å². The first-order chi connectivity index (χ1) is 9.74. The Morgan fingerprint density at radius 3 is 2.73 bits per heavy atom. The molecule has 2 heterocycles. The number of rotatable bonds is 4. The Bertz CT molecular complexity index is 648. The molecule has 0 atom stereocenters. The van der Waals surface area contributed by atoms with E-state index in [1.807, 2.05) is 6.20 Å². The molecule has 5 N–H and O–H groups in total. The summed E-state index contributed by atoms with van der Waals surface area (Å²) in [5.41, 5.74) is 6.93. The van der Waals surface area contributed by atoms with E-state index in [-0.39, 0.29) is 36.3 Å². The Balaban J connectivity index is 0.00000121. The quantitative estimate of drug-likeness (QED) is 0.680. The van der Waals surface area contributed by atoms with Crippen LogP contribution in [0.5, 0.6) is 0 Å². The van der Waals surface area contributed by atoms with Gasteiger partial charge in [-0.15, -0.1) is 24.8 Å². The molecule has 6 nitrogen and oxygen atoms in total. The third-order valence-corrected chi connectivity index (χ3v) is 4.07. The predicted molar refractivity (Wildman–Crippen MR) is 94.2 cm³/mol. The fourth-order valence-corrected chi connectivity index (χ4v) is 3.04. The van der Waals surface area contributed by atoms with Crippen molar-refractivity contribution in [3.8, 4) is 0 Å². The molecule has 22 heavy (non-hydrogen) atoms. The average Bonchev–Trinajstić information content (AvgIpc) is 2.83. The Morgan fingerprint density at radius 2 is 2.00 bits per heavy atom. The van der Waals surface area contributed by atoms with Gasteiger partial charge >= 0.3 is 0 Å². The zero-order chi connectivity index (χ0) is 13.9. The van der Waals surface area contributed by atoms with Crippen LogP contribution in [0, 0.1) is 0 Å². The molecule has 0 aliphatic heterocycles. The highest BCUT2D eigenvalue weighted by Gasteiger charge is 2.13. The molecule has 2 aromatic heterocycles. The second-order valence-electron chi connectivity index (χ2n) is 5.53. The molecule has 0 saturated heterocycles. The Morgan fingerprint density at radius 1 is 1.27 bits per heavy atom. The van der Waals surface area contributed by atoms with Crippen molar-refractivity contribution in [2.75, 3.05) is 12.3 Å². The second kappa shape index (κ2) is 8.41. The van der Waals surface area contributed by atoms with Gasteiger partial charge in [0.1, 0.15) is 5.65 Å². The van der Waals surface area contributed by atoms with E-state index >= 15 is 0 Å². The van der Waals surface area contributed by atoms with E-state index < -0.39 is 0 Å². The van der Waals surface area contributed by atoms with E-state index in [4.69, 9.17) is 5.73 Å². The molecule has 0 amide bonds. The summed E-state index contributed by atoms with van der Waals surface area (Å²) >= 11 is 0. The van der Waals surface area contributed by atoms with Crippen LogP contribution >= 0.6 is 24.8 Å². The molecular weight excluding hydrogens is 325 g/mol. The van der Waals surface area contributed by atoms with Crippen LogP contribution in [0.2, 0.25) is 0 Å². The Hall–Kier alpha value is -1.24. The molecule has 0 spiro atoms. The number of nitrogens with one attached hydrogen (secondary N) is 3. The normalized spacial score (nSPS) is 15.3. The molecule has 124 valence electrons. The summed E-state index contributed by atoms with van der Waals surface area (Å²) in [4.78, 5) is 21.6. The number of hydrogen-bond donors (Lipinski definition) is 4. The van der Waals surface area contributed by atoms with Gasteiger partial charge in [0.2, 0.25) is 5.95 Å². The van der Waals surface area contributed by atoms with Gasteiger partial charge in [-0.3, -0.25) is 9.78 Å². The van der Waals surface area contributed by atoms with Gasteiger partial charge in [0.25, 0.3) is 5.56 Å². The zero-order valence-electron chi connectivity index (χ0n) is 12.4. The topological polar surface area (TPSA) is 99.6 Å². The third-order valence-electron chi connectivity index (χ3n) is 4.07. The van der Waals surface area contributed by atoms with Crippen LogP contribution in [-0.2, 0) is 6.42 Å². The summed E-state index contributed by atoms with van der Waals surface area (Å²) in [6.45, 7) is 0.890. The number of hydrogen-bond acceptors (Lipinski definition) is 4. The maximum absolute atomic E-state index is 11.9. The minimum atomic E-state index is -0.165. The molecule has 1 fully saturated rings. The highest BCUT2D eigenvalue weighted by molar-refractivity contribution is 5.85. The Labute approximate surface area is 141 Å². The number of aromatic nitrogens is 3. The van der Waals surface area contributed by atoms with Crippen LogP contribution in [0.15, 0.2) is 11.0 Å². The largest absolute Gasteiger partial charge is 0.369 e. The lowest BCUT2D eigenvalue weighted by molar-refractivity contribution is 0.376. The highest BCUT2D eigenvalue weighted by Crippen LogP contribution is 2.18. The van der Waals surface area contributed by atoms with E-state index in [0.717, 1.165) is 18.5 Å². The summed E-state index contributed by atoms with van der Waals surface area (Å²) in [5, 5.41) is 4.21. The van der Waals surface area contributed by atoms with Crippen LogP contribution in [0.1, 0.15) is 37.7 Å². The molecule has 0 bridgehead atoms. The van der Waals surface area contributed by atoms with Crippen molar-refractivity contribution in [3.63, 3.8) is 0 Å². The standard InChI is InChI=1S/C14H21N5O.2ClH/c15-14-18-12-11(13(20)19-14)9(8-17-12)6-7-16-10-4-2-1-3-5-10;;/h8,10,16H,1-7H2,(H4,15,17,18,19,20);2*1H. The predicted octanol–water partition coefficient (Wildman–Crippen LogP) is 2.14. The lowest BCUT2D eigenvalue weighted by atomic mass is 9.95. The molecule has 1 aliphatic rings. The van der Waals surface area contributed by atoms with Crippen molar-refractivity contribution >= 4 is 41.8 Å². The Kier molecular flexibility index (Phi) is 7.19. The van der Waals surface area contributed by atoms with Gasteiger partial charge < -0.3 is 16.0 Å². The van der Waals surface area contributed by atoms with Gasteiger partial charge in [0.15, 0.2) is 0 Å². The first kappa shape index (κ1) is 18.8. The van der Waals surface area contributed by atoms with E-state index in [0.29, 0.717) is 17.1 Å². The van der Waals surface area contributed by atoms with Crippen molar-refractivity contribution in [1.82, 2.24) is 20.3 Å². The van der Waals surface area contributed by atoms with Gasteiger partial charge in [-0.05, 0) is 31.4 Å². The number of nitrogens with two attached hydrogens (primary N) is 1. The molecule has 3 rings (SSSR count). The van der Waals surface area contributed by atoms with E-state index in [2.05, 4.69) is 20.3 Å². The summed E-state index contributed by atoms with van der Waals surface area (Å²) in [6, 6.07) is 0.640. The van der Waals surface area contributed by atoms with Crippen molar-refractivity contribution in [2.24, 2.45) is 0 Å². The van der Waals surface area contributed by atoms with Crippen LogP contribution in [-0.4, -0.2) is 27.5 Å². The lowest BCUT2D eigenvalue weighted by Gasteiger charge is -2.22. The third kappa shape index (κ3) is 4.15. The van der Waals surface area contributed by atoms with E-state index in [1.165, 1.54) is 32.1 Å². The van der Waals surface area contributed by atoms with E-state index in [1.54, 1.807) is 0 Å². The number of fused-ring (bicyclic) bond motifs is 1. The average molecular weight is 348 g/mol. The molecule has 0 radical (unpaired) electrons. The highest BCUT2D eigenvalue weighted by atomic mass is 35.5. The SMILES string of the molecule is Cl.Cl.Nc1nc2[nH]cc(CCNC3CCCCC3)c2c(=O)[nH]1. The molecule has 2 aromatic rings. The van der Waals surface area contributed by atoms with Crippen molar-refractivity contribution in [2.45, 2.75) is 44.6 Å². The minimum absolute atomic E-state index is 0. The first-order valence-corrected chi connectivity index (χ1v) is 7.33. The first-order valence-electron chi connectivity index (χ1n) is 7.33. The fraction of sp³-hybridized carbons (Fsp3) is 0.571. The van der Waals surface area contributed by atoms with Gasteiger partial charge in [-0.2, -0.15) is 4.98 Å². The van der Waals surface area contributed by atoms with Crippen molar-refractivity contribution in [1.29, 1.82) is 0 Å².